The molecule has 6 nitrogen and oxygen atoms in total. The summed E-state index contributed by atoms with van der Waals surface area (Å²) in [5.74, 6) is 0.706. The Morgan fingerprint density at radius 2 is 1.85 bits per heavy atom. The highest BCUT2D eigenvalue weighted by Gasteiger charge is 2.14. The van der Waals surface area contributed by atoms with Gasteiger partial charge in [0.1, 0.15) is 5.82 Å². The Hall–Kier alpha value is -2.68. The number of rotatable bonds is 5. The molecule has 0 unspecified atom stereocenters. The number of hydrogen-bond acceptors (Lipinski definition) is 5. The number of aromatic nitrogens is 2. The number of aryl methyl sites for hydroxylation is 1. The van der Waals surface area contributed by atoms with Crippen molar-refractivity contribution < 1.29 is 18.5 Å². The SMILES string of the molecule is Cn1ccnc1C(=Cc1cccc(B(O)O)c1)c1ccc(S(C)(=O)=O)cc1. The van der Waals surface area contributed by atoms with E-state index < -0.39 is 17.0 Å². The van der Waals surface area contributed by atoms with E-state index in [1.807, 2.05) is 30.0 Å². The molecule has 0 radical (unpaired) electrons. The lowest BCUT2D eigenvalue weighted by Crippen LogP contribution is -2.29. The third-order valence-corrected chi connectivity index (χ3v) is 5.30. The molecule has 8 heteroatoms. The van der Waals surface area contributed by atoms with Gasteiger partial charge >= 0.3 is 7.12 Å². The van der Waals surface area contributed by atoms with Gasteiger partial charge in [-0.3, -0.25) is 0 Å². The molecule has 0 aliphatic rings. The molecule has 0 bridgehead atoms. The van der Waals surface area contributed by atoms with Gasteiger partial charge in [0, 0.05) is 31.3 Å². The van der Waals surface area contributed by atoms with Crippen LogP contribution in [0.3, 0.4) is 0 Å². The molecular formula is C19H19BN2O4S. The molecule has 0 saturated heterocycles. The highest BCUT2D eigenvalue weighted by atomic mass is 32.2. The van der Waals surface area contributed by atoms with E-state index in [1.54, 1.807) is 48.7 Å². The summed E-state index contributed by atoms with van der Waals surface area (Å²) in [7, 11) is -2.96. The lowest BCUT2D eigenvalue weighted by Gasteiger charge is -2.10. The van der Waals surface area contributed by atoms with Crippen LogP contribution >= 0.6 is 0 Å². The van der Waals surface area contributed by atoms with Crippen LogP contribution in [0.4, 0.5) is 0 Å². The van der Waals surface area contributed by atoms with Crippen molar-refractivity contribution >= 4 is 34.1 Å². The summed E-state index contributed by atoms with van der Waals surface area (Å²) < 4.78 is 25.3. The Labute approximate surface area is 158 Å². The van der Waals surface area contributed by atoms with Gasteiger partial charge in [-0.15, -0.1) is 0 Å². The molecule has 1 heterocycles. The molecular weight excluding hydrogens is 363 g/mol. The van der Waals surface area contributed by atoms with Crippen molar-refractivity contribution in [2.45, 2.75) is 4.90 Å². The van der Waals surface area contributed by atoms with E-state index in [0.29, 0.717) is 11.3 Å². The second kappa shape index (κ2) is 7.52. The summed E-state index contributed by atoms with van der Waals surface area (Å²) in [4.78, 5) is 4.64. The van der Waals surface area contributed by atoms with Crippen LogP contribution in [0.5, 0.6) is 0 Å². The van der Waals surface area contributed by atoms with E-state index in [1.165, 1.54) is 6.26 Å². The maximum atomic E-state index is 11.7. The monoisotopic (exact) mass is 382 g/mol. The van der Waals surface area contributed by atoms with Crippen molar-refractivity contribution in [2.24, 2.45) is 7.05 Å². The van der Waals surface area contributed by atoms with Crippen LogP contribution in [0.2, 0.25) is 0 Å². The Morgan fingerprint density at radius 1 is 1.15 bits per heavy atom. The number of nitrogens with zero attached hydrogens (tertiary/aromatic N) is 2. The minimum absolute atomic E-state index is 0.246. The average molecular weight is 382 g/mol. The summed E-state index contributed by atoms with van der Waals surface area (Å²) >= 11 is 0. The Kier molecular flexibility index (Phi) is 5.32. The molecule has 0 spiro atoms. The summed E-state index contributed by atoms with van der Waals surface area (Å²) in [6.45, 7) is 0. The summed E-state index contributed by atoms with van der Waals surface area (Å²) in [5.41, 5.74) is 2.74. The van der Waals surface area contributed by atoms with Crippen LogP contribution in [0.15, 0.2) is 65.8 Å². The van der Waals surface area contributed by atoms with Crippen molar-refractivity contribution in [1.29, 1.82) is 0 Å². The van der Waals surface area contributed by atoms with Crippen LogP contribution in [0, 0.1) is 0 Å². The van der Waals surface area contributed by atoms with Crippen molar-refractivity contribution in [3.05, 3.63) is 77.9 Å². The Morgan fingerprint density at radius 3 is 2.41 bits per heavy atom. The maximum Gasteiger partial charge on any atom is 0.488 e. The van der Waals surface area contributed by atoms with Gasteiger partial charge in [0.25, 0.3) is 0 Å². The van der Waals surface area contributed by atoms with Gasteiger partial charge in [-0.05, 0) is 34.8 Å². The van der Waals surface area contributed by atoms with Gasteiger partial charge in [0.15, 0.2) is 9.84 Å². The van der Waals surface area contributed by atoms with E-state index in [4.69, 9.17) is 0 Å². The molecule has 0 aliphatic heterocycles. The Balaban J connectivity index is 2.13. The highest BCUT2D eigenvalue weighted by Crippen LogP contribution is 2.25. The first kappa shape index (κ1) is 19.1. The van der Waals surface area contributed by atoms with E-state index in [9.17, 15) is 18.5 Å². The van der Waals surface area contributed by atoms with Crippen molar-refractivity contribution in [1.82, 2.24) is 9.55 Å². The quantitative estimate of drug-likeness (QED) is 0.509. The summed E-state index contributed by atoms with van der Waals surface area (Å²) in [6, 6.07) is 13.5. The minimum atomic E-state index is -3.28. The topological polar surface area (TPSA) is 92.4 Å². The predicted molar refractivity (Wildman–Crippen MR) is 106 cm³/mol. The number of sulfone groups is 1. The zero-order valence-electron chi connectivity index (χ0n) is 14.9. The van der Waals surface area contributed by atoms with Gasteiger partial charge in [-0.2, -0.15) is 0 Å². The van der Waals surface area contributed by atoms with Crippen LogP contribution in [-0.4, -0.2) is 41.4 Å². The molecule has 0 amide bonds. The summed E-state index contributed by atoms with van der Waals surface area (Å²) in [6.07, 6.45) is 6.55. The van der Waals surface area contributed by atoms with Crippen molar-refractivity contribution in [3.8, 4) is 0 Å². The first-order chi connectivity index (χ1) is 12.8. The first-order valence-corrected chi connectivity index (χ1v) is 10.1. The van der Waals surface area contributed by atoms with Crippen LogP contribution in [0.25, 0.3) is 11.6 Å². The molecule has 0 aliphatic carbocycles. The third-order valence-electron chi connectivity index (χ3n) is 4.18. The first-order valence-electron chi connectivity index (χ1n) is 8.22. The van der Waals surface area contributed by atoms with E-state index in [0.717, 1.165) is 16.7 Å². The number of benzene rings is 2. The molecule has 0 fully saturated rings. The molecule has 1 aromatic heterocycles. The molecule has 3 rings (SSSR count). The van der Waals surface area contributed by atoms with Gasteiger partial charge in [0.05, 0.1) is 4.90 Å². The Bertz CT molecular complexity index is 1090. The maximum absolute atomic E-state index is 11.7. The number of imidazole rings is 1. The molecule has 138 valence electrons. The predicted octanol–water partition coefficient (Wildman–Crippen LogP) is 1.09. The fourth-order valence-electron chi connectivity index (χ4n) is 2.76. The van der Waals surface area contributed by atoms with E-state index in [-0.39, 0.29) is 4.90 Å². The molecule has 0 saturated carbocycles. The molecule has 27 heavy (non-hydrogen) atoms. The van der Waals surface area contributed by atoms with E-state index >= 15 is 0 Å². The standard InChI is InChI=1S/C19H19BN2O4S/c1-22-11-10-21-19(22)18(13-14-4-3-5-16(12-14)20(23)24)15-6-8-17(9-7-15)27(2,25)26/h3-13,23-24H,1-2H3. The fraction of sp³-hybridized carbons (Fsp3) is 0.105. The second-order valence-corrected chi connectivity index (χ2v) is 8.28. The van der Waals surface area contributed by atoms with Crippen LogP contribution in [0.1, 0.15) is 17.0 Å². The largest absolute Gasteiger partial charge is 0.488 e. The summed E-state index contributed by atoms with van der Waals surface area (Å²) in [5, 5.41) is 18.8. The second-order valence-electron chi connectivity index (χ2n) is 6.26. The molecule has 0 atom stereocenters. The van der Waals surface area contributed by atoms with Crippen molar-refractivity contribution in [3.63, 3.8) is 0 Å². The van der Waals surface area contributed by atoms with Gasteiger partial charge in [-0.1, -0.05) is 36.4 Å². The fourth-order valence-corrected chi connectivity index (χ4v) is 3.39. The van der Waals surface area contributed by atoms with Gasteiger partial charge < -0.3 is 14.6 Å². The highest BCUT2D eigenvalue weighted by molar-refractivity contribution is 7.90. The van der Waals surface area contributed by atoms with Gasteiger partial charge in [0.2, 0.25) is 0 Å². The lowest BCUT2D eigenvalue weighted by atomic mass is 9.79. The average Bonchev–Trinajstić information content (AvgIpc) is 3.05. The number of hydrogen-bond donors (Lipinski definition) is 2. The molecule has 3 aromatic rings. The lowest BCUT2D eigenvalue weighted by molar-refractivity contribution is 0.426. The minimum Gasteiger partial charge on any atom is -0.423 e. The zero-order chi connectivity index (χ0) is 19.6. The van der Waals surface area contributed by atoms with Gasteiger partial charge in [-0.25, -0.2) is 13.4 Å². The van der Waals surface area contributed by atoms with Crippen LogP contribution < -0.4 is 5.46 Å². The smallest absolute Gasteiger partial charge is 0.423 e. The normalized spacial score (nSPS) is 12.2. The van der Waals surface area contributed by atoms with Crippen molar-refractivity contribution in [2.75, 3.05) is 6.26 Å². The molecule has 2 N–H and O–H groups in total. The van der Waals surface area contributed by atoms with Crippen LogP contribution in [-0.2, 0) is 16.9 Å². The molecule has 2 aromatic carbocycles. The zero-order valence-corrected chi connectivity index (χ0v) is 15.8. The van der Waals surface area contributed by atoms with E-state index in [2.05, 4.69) is 4.98 Å². The third kappa shape index (κ3) is 4.36.